The van der Waals surface area contributed by atoms with Crippen LogP contribution in [0.2, 0.25) is 15.1 Å². The highest BCUT2D eigenvalue weighted by atomic mass is 35.5. The molecule has 5 aromatic rings. The van der Waals surface area contributed by atoms with Crippen LogP contribution >= 0.6 is 34.8 Å². The van der Waals surface area contributed by atoms with E-state index < -0.39 is 6.04 Å². The zero-order valence-electron chi connectivity index (χ0n) is 27.3. The molecule has 3 aromatic carbocycles. The van der Waals surface area contributed by atoms with Gasteiger partial charge in [0.1, 0.15) is 17.5 Å². The number of piperidine rings is 1. The van der Waals surface area contributed by atoms with Gasteiger partial charge in [0.05, 0.1) is 52.4 Å². The van der Waals surface area contributed by atoms with Crippen LogP contribution < -0.4 is 15.4 Å². The molecule has 1 aliphatic rings. The maximum absolute atomic E-state index is 10.0. The van der Waals surface area contributed by atoms with E-state index in [0.29, 0.717) is 61.0 Å². The summed E-state index contributed by atoms with van der Waals surface area (Å²) in [4.78, 5) is 7.23. The molecule has 0 bridgehead atoms. The molecule has 6 rings (SSSR count). The number of nitriles is 1. The summed E-state index contributed by atoms with van der Waals surface area (Å²) in [5.74, 6) is 0.583. The summed E-state index contributed by atoms with van der Waals surface area (Å²) in [5, 5.41) is 28.5. The predicted molar refractivity (Wildman–Crippen MR) is 194 cm³/mol. The summed E-state index contributed by atoms with van der Waals surface area (Å²) >= 11 is 19.5. The molecule has 0 aliphatic carbocycles. The third-order valence-electron chi connectivity index (χ3n) is 8.67. The number of benzene rings is 3. The van der Waals surface area contributed by atoms with Crippen molar-refractivity contribution in [1.29, 1.82) is 5.26 Å². The molecule has 0 unspecified atom stereocenters. The number of fused-ring (bicyclic) bond motifs is 1. The van der Waals surface area contributed by atoms with Crippen LogP contribution in [-0.4, -0.2) is 50.1 Å². The molecular formula is C36H37Cl3N8O. The van der Waals surface area contributed by atoms with Gasteiger partial charge in [0, 0.05) is 45.9 Å². The number of hydrogen-bond donors (Lipinski definition) is 2. The first kappa shape index (κ1) is 33.8. The molecule has 248 valence electrons. The number of pyridine rings is 1. The Hall–Kier alpha value is -4.07. The summed E-state index contributed by atoms with van der Waals surface area (Å²) in [6.45, 7) is 11.2. The summed E-state index contributed by atoms with van der Waals surface area (Å²) in [6.07, 6.45) is 5.58. The van der Waals surface area contributed by atoms with Gasteiger partial charge in [0.2, 0.25) is 0 Å². The molecule has 0 amide bonds. The van der Waals surface area contributed by atoms with Crippen molar-refractivity contribution in [2.45, 2.75) is 58.2 Å². The third kappa shape index (κ3) is 7.32. The van der Waals surface area contributed by atoms with E-state index in [2.05, 4.69) is 52.7 Å². The topological polar surface area (TPSA) is 104 Å². The highest BCUT2D eigenvalue weighted by molar-refractivity contribution is 6.33. The second kappa shape index (κ2) is 14.2. The lowest BCUT2D eigenvalue weighted by Crippen LogP contribution is -2.46. The van der Waals surface area contributed by atoms with Crippen LogP contribution in [0.25, 0.3) is 10.9 Å². The molecule has 0 radical (unpaired) electrons. The van der Waals surface area contributed by atoms with Gasteiger partial charge in [-0.25, -0.2) is 4.68 Å². The van der Waals surface area contributed by atoms with Gasteiger partial charge in [-0.15, -0.1) is 5.10 Å². The first-order valence-corrected chi connectivity index (χ1v) is 17.1. The number of rotatable bonds is 9. The maximum Gasteiger partial charge on any atom is 0.138 e. The minimum absolute atomic E-state index is 0.139. The predicted octanol–water partition coefficient (Wildman–Crippen LogP) is 9.44. The summed E-state index contributed by atoms with van der Waals surface area (Å²) in [5.41, 5.74) is 4.73. The van der Waals surface area contributed by atoms with Crippen LogP contribution in [0.1, 0.15) is 69.4 Å². The average Bonchev–Trinajstić information content (AvgIpc) is 3.55. The number of aromatic nitrogens is 4. The zero-order valence-corrected chi connectivity index (χ0v) is 29.5. The van der Waals surface area contributed by atoms with Crippen molar-refractivity contribution in [3.63, 3.8) is 0 Å². The van der Waals surface area contributed by atoms with E-state index in [-0.39, 0.29) is 11.6 Å². The lowest BCUT2D eigenvalue weighted by molar-refractivity contribution is 0.0866. The molecule has 9 nitrogen and oxygen atoms in total. The van der Waals surface area contributed by atoms with E-state index in [1.807, 2.05) is 54.2 Å². The second-order valence-electron chi connectivity index (χ2n) is 12.9. The fraction of sp³-hybridized carbons (Fsp3) is 0.333. The molecule has 1 atom stereocenters. The SMILES string of the molecule is CCOc1ccc(Nc2c(C#N)cnc3c(N[C@@H](c4ccc(Cl)cc4)c4cn(C5CCN(C(C)(C)C)CC5)nn4)cc(Cl)cc23)cc1Cl. The van der Waals surface area contributed by atoms with Crippen molar-refractivity contribution < 1.29 is 4.74 Å². The van der Waals surface area contributed by atoms with Gasteiger partial charge in [0.25, 0.3) is 0 Å². The van der Waals surface area contributed by atoms with E-state index in [9.17, 15) is 5.26 Å². The highest BCUT2D eigenvalue weighted by Gasteiger charge is 2.29. The Bertz CT molecular complexity index is 1960. The van der Waals surface area contributed by atoms with Crippen LogP contribution in [0.5, 0.6) is 5.75 Å². The van der Waals surface area contributed by atoms with Gasteiger partial charge in [0.15, 0.2) is 0 Å². The van der Waals surface area contributed by atoms with Crippen molar-refractivity contribution in [1.82, 2.24) is 24.9 Å². The Morgan fingerprint density at radius 3 is 2.44 bits per heavy atom. The second-order valence-corrected chi connectivity index (χ2v) is 14.1. The van der Waals surface area contributed by atoms with E-state index in [4.69, 9.17) is 44.5 Å². The molecule has 2 aromatic heterocycles. The number of halogens is 3. The normalized spacial score (nSPS) is 14.9. The Labute approximate surface area is 295 Å². The lowest BCUT2D eigenvalue weighted by atomic mass is 9.98. The summed E-state index contributed by atoms with van der Waals surface area (Å²) in [7, 11) is 0. The van der Waals surface area contributed by atoms with Crippen molar-refractivity contribution in [2.24, 2.45) is 0 Å². The highest BCUT2D eigenvalue weighted by Crippen LogP contribution is 2.39. The zero-order chi connectivity index (χ0) is 34.0. The molecule has 0 spiro atoms. The monoisotopic (exact) mass is 702 g/mol. The number of nitrogens with one attached hydrogen (secondary N) is 2. The standard InChI is InChI=1S/C36H37Cl3N8O/c1-5-48-32-11-10-26(18-29(32)39)42-33-23(19-40)20-41-35-28(33)16-25(38)17-30(35)43-34(22-6-8-24(37)9-7-22)31-21-47(45-44-31)27-12-14-46(15-13-27)36(2,3)4/h6-11,16-18,20-21,27,34,43H,5,12-15H2,1-4H3,(H,41,42)/t34-/m0/s1. The largest absolute Gasteiger partial charge is 0.492 e. The van der Waals surface area contributed by atoms with Crippen molar-refractivity contribution in [3.8, 4) is 11.8 Å². The molecule has 3 heterocycles. The minimum Gasteiger partial charge on any atom is -0.492 e. The number of nitrogens with zero attached hydrogens (tertiary/aromatic N) is 6. The summed E-state index contributed by atoms with van der Waals surface area (Å²) in [6, 6.07) is 18.8. The van der Waals surface area contributed by atoms with Crippen LogP contribution in [-0.2, 0) is 0 Å². The van der Waals surface area contributed by atoms with E-state index >= 15 is 0 Å². The Morgan fingerprint density at radius 2 is 1.77 bits per heavy atom. The molecule has 0 saturated carbocycles. The van der Waals surface area contributed by atoms with Gasteiger partial charge in [-0.1, -0.05) is 52.1 Å². The molecule has 48 heavy (non-hydrogen) atoms. The van der Waals surface area contributed by atoms with Crippen LogP contribution in [0.15, 0.2) is 67.0 Å². The van der Waals surface area contributed by atoms with Crippen LogP contribution in [0.4, 0.5) is 17.1 Å². The number of likely N-dealkylation sites (tertiary alicyclic amines) is 1. The van der Waals surface area contributed by atoms with Gasteiger partial charge < -0.3 is 15.4 Å². The number of hydrogen-bond acceptors (Lipinski definition) is 8. The Kier molecular flexibility index (Phi) is 10.00. The van der Waals surface area contributed by atoms with Crippen molar-refractivity contribution >= 4 is 62.8 Å². The van der Waals surface area contributed by atoms with Crippen LogP contribution in [0.3, 0.4) is 0 Å². The molecule has 1 fully saturated rings. The number of ether oxygens (including phenoxy) is 1. The van der Waals surface area contributed by atoms with E-state index in [0.717, 1.165) is 37.2 Å². The first-order valence-electron chi connectivity index (χ1n) is 15.9. The average molecular weight is 704 g/mol. The van der Waals surface area contributed by atoms with Gasteiger partial charge in [-0.05, 0) is 88.6 Å². The van der Waals surface area contributed by atoms with E-state index in [1.165, 1.54) is 0 Å². The number of anilines is 3. The van der Waals surface area contributed by atoms with Crippen molar-refractivity contribution in [2.75, 3.05) is 30.3 Å². The summed E-state index contributed by atoms with van der Waals surface area (Å²) < 4.78 is 7.59. The molecule has 12 heteroatoms. The molecule has 1 aliphatic heterocycles. The third-order valence-corrected chi connectivity index (χ3v) is 9.44. The smallest absolute Gasteiger partial charge is 0.138 e. The quantitative estimate of drug-likeness (QED) is 0.157. The Morgan fingerprint density at radius 1 is 1.02 bits per heavy atom. The van der Waals surface area contributed by atoms with Gasteiger partial charge in [-0.3, -0.25) is 9.88 Å². The Balaban J connectivity index is 1.36. The fourth-order valence-electron chi connectivity index (χ4n) is 6.13. The maximum atomic E-state index is 10.0. The molecule has 2 N–H and O–H groups in total. The van der Waals surface area contributed by atoms with Gasteiger partial charge in [-0.2, -0.15) is 5.26 Å². The fourth-order valence-corrected chi connectivity index (χ4v) is 6.71. The first-order chi connectivity index (χ1) is 23.0. The van der Waals surface area contributed by atoms with Gasteiger partial charge >= 0.3 is 0 Å². The molecule has 1 saturated heterocycles. The molecular weight excluding hydrogens is 667 g/mol. The van der Waals surface area contributed by atoms with E-state index in [1.54, 1.807) is 24.4 Å². The van der Waals surface area contributed by atoms with Crippen molar-refractivity contribution in [3.05, 3.63) is 98.9 Å². The van der Waals surface area contributed by atoms with Crippen LogP contribution in [0, 0.1) is 11.3 Å². The lowest BCUT2D eigenvalue weighted by Gasteiger charge is -2.40. The minimum atomic E-state index is -0.397.